The van der Waals surface area contributed by atoms with Crippen molar-refractivity contribution in [2.75, 3.05) is 6.54 Å². The topological polar surface area (TPSA) is 21.3 Å². The fourth-order valence-electron chi connectivity index (χ4n) is 2.96. The summed E-state index contributed by atoms with van der Waals surface area (Å²) in [5.74, 6) is 1.85. The highest BCUT2D eigenvalue weighted by Crippen LogP contribution is 2.30. The predicted molar refractivity (Wildman–Crippen MR) is 80.7 cm³/mol. The number of benzene rings is 1. The molecule has 0 bridgehead atoms. The van der Waals surface area contributed by atoms with Crippen molar-refractivity contribution in [3.63, 3.8) is 0 Å². The molecular weight excluding hydrogens is 234 g/mol. The minimum Gasteiger partial charge on any atom is -0.490 e. The molecule has 2 rings (SSSR count). The van der Waals surface area contributed by atoms with Crippen LogP contribution in [0.3, 0.4) is 0 Å². The Labute approximate surface area is 117 Å². The van der Waals surface area contributed by atoms with Gasteiger partial charge < -0.3 is 10.1 Å². The van der Waals surface area contributed by atoms with Crippen LogP contribution in [0.25, 0.3) is 0 Å². The standard InChI is InChI=1S/C17H27NO/c1-4-18-15(11-13(2)3)9-10-16-12-14-7-5-6-8-17(14)19-16/h5-8,13,15-16,18H,4,9-12H2,1-3H3. The van der Waals surface area contributed by atoms with E-state index < -0.39 is 0 Å². The number of ether oxygens (including phenoxy) is 1. The predicted octanol–water partition coefficient (Wildman–Crippen LogP) is 3.79. The first kappa shape index (κ1) is 14.4. The summed E-state index contributed by atoms with van der Waals surface area (Å²) in [6.45, 7) is 7.84. The molecule has 106 valence electrons. The second kappa shape index (κ2) is 6.95. The van der Waals surface area contributed by atoms with E-state index in [0.29, 0.717) is 12.1 Å². The molecule has 0 spiro atoms. The van der Waals surface area contributed by atoms with Crippen molar-refractivity contribution >= 4 is 0 Å². The highest BCUT2D eigenvalue weighted by Gasteiger charge is 2.23. The third-order valence-electron chi connectivity index (χ3n) is 3.80. The fraction of sp³-hybridized carbons (Fsp3) is 0.647. The van der Waals surface area contributed by atoms with Gasteiger partial charge in [-0.25, -0.2) is 0 Å². The quantitative estimate of drug-likeness (QED) is 0.806. The maximum atomic E-state index is 6.01. The van der Waals surface area contributed by atoms with E-state index >= 15 is 0 Å². The van der Waals surface area contributed by atoms with Crippen molar-refractivity contribution in [3.8, 4) is 5.75 Å². The number of hydrogen-bond acceptors (Lipinski definition) is 2. The molecule has 1 aliphatic rings. The van der Waals surface area contributed by atoms with Gasteiger partial charge in [0.2, 0.25) is 0 Å². The third-order valence-corrected chi connectivity index (χ3v) is 3.80. The summed E-state index contributed by atoms with van der Waals surface area (Å²) in [5, 5.41) is 3.60. The molecular formula is C17H27NO. The summed E-state index contributed by atoms with van der Waals surface area (Å²) in [4.78, 5) is 0. The van der Waals surface area contributed by atoms with Crippen LogP contribution in [0.2, 0.25) is 0 Å². The van der Waals surface area contributed by atoms with Crippen molar-refractivity contribution in [2.45, 2.75) is 58.6 Å². The maximum absolute atomic E-state index is 6.01. The molecule has 0 aliphatic carbocycles. The van der Waals surface area contributed by atoms with Gasteiger partial charge in [0.25, 0.3) is 0 Å². The van der Waals surface area contributed by atoms with Gasteiger partial charge in [0, 0.05) is 12.5 Å². The van der Waals surface area contributed by atoms with Gasteiger partial charge in [-0.15, -0.1) is 0 Å². The van der Waals surface area contributed by atoms with Crippen LogP contribution in [0, 0.1) is 5.92 Å². The highest BCUT2D eigenvalue weighted by atomic mass is 16.5. The third kappa shape index (κ3) is 4.24. The second-order valence-electron chi connectivity index (χ2n) is 6.01. The van der Waals surface area contributed by atoms with Gasteiger partial charge >= 0.3 is 0 Å². The maximum Gasteiger partial charge on any atom is 0.123 e. The lowest BCUT2D eigenvalue weighted by Crippen LogP contribution is -2.31. The molecule has 0 amide bonds. The zero-order chi connectivity index (χ0) is 13.7. The van der Waals surface area contributed by atoms with Crippen LogP contribution in [0.15, 0.2) is 24.3 Å². The fourth-order valence-corrected chi connectivity index (χ4v) is 2.96. The zero-order valence-corrected chi connectivity index (χ0v) is 12.5. The van der Waals surface area contributed by atoms with Crippen molar-refractivity contribution < 1.29 is 4.74 Å². The molecule has 0 saturated carbocycles. The lowest BCUT2D eigenvalue weighted by molar-refractivity contribution is 0.207. The second-order valence-corrected chi connectivity index (χ2v) is 6.01. The molecule has 2 heteroatoms. The lowest BCUT2D eigenvalue weighted by Gasteiger charge is -2.21. The van der Waals surface area contributed by atoms with E-state index in [-0.39, 0.29) is 0 Å². The van der Waals surface area contributed by atoms with Crippen LogP contribution in [-0.4, -0.2) is 18.7 Å². The Bertz CT molecular complexity index is 364. The summed E-state index contributed by atoms with van der Waals surface area (Å²) in [6, 6.07) is 9.07. The summed E-state index contributed by atoms with van der Waals surface area (Å²) >= 11 is 0. The average Bonchev–Trinajstić information content (AvgIpc) is 2.78. The molecule has 2 unspecified atom stereocenters. The normalized spacial score (nSPS) is 19.3. The Balaban J connectivity index is 1.79. The molecule has 1 aromatic rings. The van der Waals surface area contributed by atoms with Crippen LogP contribution >= 0.6 is 0 Å². The molecule has 0 fully saturated rings. The van der Waals surface area contributed by atoms with Crippen molar-refractivity contribution in [2.24, 2.45) is 5.92 Å². The van der Waals surface area contributed by atoms with Gasteiger partial charge in [-0.05, 0) is 43.4 Å². The van der Waals surface area contributed by atoms with E-state index in [9.17, 15) is 0 Å². The van der Waals surface area contributed by atoms with Crippen molar-refractivity contribution in [1.29, 1.82) is 0 Å². The highest BCUT2D eigenvalue weighted by molar-refractivity contribution is 5.37. The van der Waals surface area contributed by atoms with Crippen LogP contribution in [0.1, 0.15) is 45.6 Å². The van der Waals surface area contributed by atoms with Gasteiger partial charge in [0.1, 0.15) is 11.9 Å². The van der Waals surface area contributed by atoms with Gasteiger partial charge in [0.15, 0.2) is 0 Å². The van der Waals surface area contributed by atoms with Crippen LogP contribution in [-0.2, 0) is 6.42 Å². The van der Waals surface area contributed by atoms with E-state index in [2.05, 4.69) is 50.4 Å². The monoisotopic (exact) mass is 261 g/mol. The number of nitrogens with one attached hydrogen (secondary N) is 1. The number of hydrogen-bond donors (Lipinski definition) is 1. The Morgan fingerprint density at radius 1 is 1.32 bits per heavy atom. The summed E-state index contributed by atoms with van der Waals surface area (Å²) in [7, 11) is 0. The summed E-state index contributed by atoms with van der Waals surface area (Å²) in [6.07, 6.45) is 5.08. The molecule has 1 aromatic carbocycles. The van der Waals surface area contributed by atoms with E-state index in [1.165, 1.54) is 18.4 Å². The van der Waals surface area contributed by atoms with E-state index in [4.69, 9.17) is 4.74 Å². The van der Waals surface area contributed by atoms with Crippen LogP contribution in [0.5, 0.6) is 5.75 Å². The van der Waals surface area contributed by atoms with Gasteiger partial charge in [0.05, 0.1) is 0 Å². The van der Waals surface area contributed by atoms with Crippen LogP contribution < -0.4 is 10.1 Å². The Hall–Kier alpha value is -1.02. The van der Waals surface area contributed by atoms with Gasteiger partial charge in [-0.1, -0.05) is 39.0 Å². The molecule has 1 N–H and O–H groups in total. The Kier molecular flexibility index (Phi) is 5.26. The zero-order valence-electron chi connectivity index (χ0n) is 12.5. The molecule has 0 radical (unpaired) electrons. The molecule has 0 aromatic heterocycles. The first-order chi connectivity index (χ1) is 9.19. The first-order valence-corrected chi connectivity index (χ1v) is 7.67. The van der Waals surface area contributed by atoms with E-state index in [0.717, 1.165) is 31.1 Å². The molecule has 2 atom stereocenters. The number of fused-ring (bicyclic) bond motifs is 1. The SMILES string of the molecule is CCNC(CCC1Cc2ccccc2O1)CC(C)C. The van der Waals surface area contributed by atoms with Gasteiger partial charge in [-0.3, -0.25) is 0 Å². The van der Waals surface area contributed by atoms with E-state index in [1.807, 2.05) is 0 Å². The van der Waals surface area contributed by atoms with Crippen molar-refractivity contribution in [3.05, 3.63) is 29.8 Å². The summed E-state index contributed by atoms with van der Waals surface area (Å²) < 4.78 is 6.01. The minimum atomic E-state index is 0.380. The molecule has 0 saturated heterocycles. The first-order valence-electron chi connectivity index (χ1n) is 7.67. The summed E-state index contributed by atoms with van der Waals surface area (Å²) in [5.41, 5.74) is 1.37. The smallest absolute Gasteiger partial charge is 0.123 e. The molecule has 1 heterocycles. The average molecular weight is 261 g/mol. The number of para-hydroxylation sites is 1. The molecule has 19 heavy (non-hydrogen) atoms. The Morgan fingerprint density at radius 2 is 2.11 bits per heavy atom. The van der Waals surface area contributed by atoms with Gasteiger partial charge in [-0.2, -0.15) is 0 Å². The minimum absolute atomic E-state index is 0.380. The molecule has 1 aliphatic heterocycles. The number of rotatable bonds is 7. The largest absolute Gasteiger partial charge is 0.490 e. The van der Waals surface area contributed by atoms with Crippen LogP contribution in [0.4, 0.5) is 0 Å². The Morgan fingerprint density at radius 3 is 2.79 bits per heavy atom. The lowest BCUT2D eigenvalue weighted by atomic mass is 9.97. The van der Waals surface area contributed by atoms with E-state index in [1.54, 1.807) is 0 Å². The molecule has 2 nitrogen and oxygen atoms in total. The van der Waals surface area contributed by atoms with Crippen molar-refractivity contribution in [1.82, 2.24) is 5.32 Å².